The Labute approximate surface area is 122 Å². The normalized spacial score (nSPS) is 14.4. The number of hydrogen-bond donors (Lipinski definition) is 0. The summed E-state index contributed by atoms with van der Waals surface area (Å²) in [4.78, 5) is 4.78. The van der Waals surface area contributed by atoms with Gasteiger partial charge in [-0.2, -0.15) is 0 Å². The third kappa shape index (κ3) is 2.61. The van der Waals surface area contributed by atoms with Crippen molar-refractivity contribution >= 4 is 27.3 Å². The molecule has 0 atom stereocenters. The number of para-hydroxylation sites is 2. The summed E-state index contributed by atoms with van der Waals surface area (Å²) in [6, 6.07) is 17.2. The zero-order valence-electron chi connectivity index (χ0n) is 11.0. The molecule has 0 aromatic heterocycles. The van der Waals surface area contributed by atoms with E-state index >= 15 is 0 Å². The van der Waals surface area contributed by atoms with Crippen molar-refractivity contribution in [1.29, 1.82) is 0 Å². The van der Waals surface area contributed by atoms with Gasteiger partial charge >= 0.3 is 0 Å². The van der Waals surface area contributed by atoms with E-state index < -0.39 is 0 Å². The van der Waals surface area contributed by atoms with Gasteiger partial charge in [0.1, 0.15) is 0 Å². The largest absolute Gasteiger partial charge is 0.371 e. The van der Waals surface area contributed by atoms with E-state index in [-0.39, 0.29) is 0 Å². The lowest BCUT2D eigenvalue weighted by atomic mass is 10.1. The lowest BCUT2D eigenvalue weighted by Crippen LogP contribution is -2.38. The van der Waals surface area contributed by atoms with Gasteiger partial charge < -0.3 is 9.80 Å². The fourth-order valence-corrected chi connectivity index (χ4v) is 2.80. The minimum Gasteiger partial charge on any atom is -0.371 e. The maximum Gasteiger partial charge on any atom is 0.0607 e. The summed E-state index contributed by atoms with van der Waals surface area (Å²) in [6.45, 7) is 3.12. The highest BCUT2D eigenvalue weighted by atomic mass is 79.9. The SMILES string of the molecule is CN1CCN(Cc2ccc(Br)cc2)c2ccccc21. The van der Waals surface area contributed by atoms with E-state index in [1.54, 1.807) is 0 Å². The number of halogens is 1. The summed E-state index contributed by atoms with van der Waals surface area (Å²) in [5.41, 5.74) is 4.01. The second-order valence-corrected chi connectivity index (χ2v) is 5.87. The van der Waals surface area contributed by atoms with Gasteiger partial charge in [0.05, 0.1) is 11.4 Å². The van der Waals surface area contributed by atoms with Crippen molar-refractivity contribution < 1.29 is 0 Å². The number of benzene rings is 2. The van der Waals surface area contributed by atoms with Gasteiger partial charge in [-0.3, -0.25) is 0 Å². The Balaban J connectivity index is 1.86. The van der Waals surface area contributed by atoms with E-state index in [1.807, 2.05) is 0 Å². The van der Waals surface area contributed by atoms with Crippen LogP contribution in [0, 0.1) is 0 Å². The van der Waals surface area contributed by atoms with Gasteiger partial charge in [0.15, 0.2) is 0 Å². The molecule has 2 nitrogen and oxygen atoms in total. The van der Waals surface area contributed by atoms with Gasteiger partial charge in [0.2, 0.25) is 0 Å². The predicted octanol–water partition coefficient (Wildman–Crippen LogP) is 3.91. The van der Waals surface area contributed by atoms with Crippen LogP contribution in [0.15, 0.2) is 53.0 Å². The van der Waals surface area contributed by atoms with Crippen molar-refractivity contribution in [3.05, 3.63) is 58.6 Å². The molecule has 0 amide bonds. The molecule has 3 rings (SSSR count). The first kappa shape index (κ1) is 12.5. The molecule has 0 saturated heterocycles. The first-order valence-corrected chi connectivity index (χ1v) is 7.33. The Kier molecular flexibility index (Phi) is 3.47. The van der Waals surface area contributed by atoms with Crippen LogP contribution in [-0.2, 0) is 6.54 Å². The molecule has 98 valence electrons. The molecule has 1 heterocycles. The summed E-state index contributed by atoms with van der Waals surface area (Å²) in [7, 11) is 2.16. The van der Waals surface area contributed by atoms with Crippen molar-refractivity contribution in [3.63, 3.8) is 0 Å². The molecule has 0 saturated carbocycles. The third-order valence-corrected chi connectivity index (χ3v) is 4.15. The Bertz CT molecular complexity index is 565. The lowest BCUT2D eigenvalue weighted by Gasteiger charge is -2.37. The molecule has 3 heteroatoms. The quantitative estimate of drug-likeness (QED) is 0.829. The van der Waals surface area contributed by atoms with Crippen LogP contribution >= 0.6 is 15.9 Å². The molecule has 0 spiro atoms. The highest BCUT2D eigenvalue weighted by Gasteiger charge is 2.19. The monoisotopic (exact) mass is 316 g/mol. The Morgan fingerprint density at radius 3 is 2.37 bits per heavy atom. The molecular weight excluding hydrogens is 300 g/mol. The minimum absolute atomic E-state index is 0.970. The molecule has 0 bridgehead atoms. The number of rotatable bonds is 2. The van der Waals surface area contributed by atoms with Crippen LogP contribution in [0.25, 0.3) is 0 Å². The highest BCUT2D eigenvalue weighted by Crippen LogP contribution is 2.32. The van der Waals surface area contributed by atoms with Crippen LogP contribution in [0.3, 0.4) is 0 Å². The van der Waals surface area contributed by atoms with E-state index in [9.17, 15) is 0 Å². The zero-order chi connectivity index (χ0) is 13.2. The van der Waals surface area contributed by atoms with Crippen molar-refractivity contribution in [2.45, 2.75) is 6.54 Å². The van der Waals surface area contributed by atoms with Crippen LogP contribution in [0.4, 0.5) is 11.4 Å². The van der Waals surface area contributed by atoms with E-state index in [1.165, 1.54) is 16.9 Å². The maximum absolute atomic E-state index is 3.48. The molecular formula is C16H17BrN2. The Hall–Kier alpha value is -1.48. The molecule has 0 radical (unpaired) electrons. The minimum atomic E-state index is 0.970. The molecule has 19 heavy (non-hydrogen) atoms. The average Bonchev–Trinajstić information content (AvgIpc) is 2.45. The first-order chi connectivity index (χ1) is 9.24. The van der Waals surface area contributed by atoms with Crippen LogP contribution in [-0.4, -0.2) is 20.1 Å². The van der Waals surface area contributed by atoms with E-state index in [4.69, 9.17) is 0 Å². The standard InChI is InChI=1S/C16H17BrN2/c1-18-10-11-19(16-5-3-2-4-15(16)18)12-13-6-8-14(17)9-7-13/h2-9H,10-12H2,1H3. The summed E-state index contributed by atoms with van der Waals surface area (Å²) < 4.78 is 1.13. The number of fused-ring (bicyclic) bond motifs is 1. The van der Waals surface area contributed by atoms with Crippen molar-refractivity contribution in [3.8, 4) is 0 Å². The summed E-state index contributed by atoms with van der Waals surface area (Å²) in [5, 5.41) is 0. The molecule has 2 aromatic rings. The fourth-order valence-electron chi connectivity index (χ4n) is 2.54. The molecule has 2 aromatic carbocycles. The van der Waals surface area contributed by atoms with Gasteiger partial charge in [-0.15, -0.1) is 0 Å². The number of likely N-dealkylation sites (N-methyl/N-ethyl adjacent to an activating group) is 1. The smallest absolute Gasteiger partial charge is 0.0607 e. The molecule has 0 aliphatic carbocycles. The van der Waals surface area contributed by atoms with Gasteiger partial charge in [0, 0.05) is 31.2 Å². The summed E-state index contributed by atoms with van der Waals surface area (Å²) >= 11 is 3.48. The average molecular weight is 317 g/mol. The van der Waals surface area contributed by atoms with Gasteiger partial charge in [-0.05, 0) is 29.8 Å². The highest BCUT2D eigenvalue weighted by molar-refractivity contribution is 9.10. The number of hydrogen-bond acceptors (Lipinski definition) is 2. The Morgan fingerprint density at radius 1 is 0.947 bits per heavy atom. The second-order valence-electron chi connectivity index (χ2n) is 4.96. The van der Waals surface area contributed by atoms with Gasteiger partial charge in [0.25, 0.3) is 0 Å². The van der Waals surface area contributed by atoms with Crippen molar-refractivity contribution in [2.75, 3.05) is 29.9 Å². The number of anilines is 2. The van der Waals surface area contributed by atoms with Crippen LogP contribution < -0.4 is 9.80 Å². The predicted molar refractivity (Wildman–Crippen MR) is 84.9 cm³/mol. The van der Waals surface area contributed by atoms with Crippen molar-refractivity contribution in [2.24, 2.45) is 0 Å². The lowest BCUT2D eigenvalue weighted by molar-refractivity contribution is 0.735. The Morgan fingerprint density at radius 2 is 1.63 bits per heavy atom. The van der Waals surface area contributed by atoms with Crippen LogP contribution in [0.1, 0.15) is 5.56 Å². The van der Waals surface area contributed by atoms with Crippen molar-refractivity contribution in [1.82, 2.24) is 0 Å². The zero-order valence-corrected chi connectivity index (χ0v) is 12.6. The second kappa shape index (κ2) is 5.25. The van der Waals surface area contributed by atoms with E-state index in [2.05, 4.69) is 81.3 Å². The van der Waals surface area contributed by atoms with Crippen LogP contribution in [0.5, 0.6) is 0 Å². The summed E-state index contributed by atoms with van der Waals surface area (Å²) in [6.07, 6.45) is 0. The topological polar surface area (TPSA) is 6.48 Å². The fraction of sp³-hybridized carbons (Fsp3) is 0.250. The molecule has 0 N–H and O–H groups in total. The maximum atomic E-state index is 3.48. The molecule has 1 aliphatic heterocycles. The van der Waals surface area contributed by atoms with E-state index in [0.29, 0.717) is 0 Å². The molecule has 0 unspecified atom stereocenters. The van der Waals surface area contributed by atoms with Gasteiger partial charge in [-0.1, -0.05) is 40.2 Å². The van der Waals surface area contributed by atoms with E-state index in [0.717, 1.165) is 24.1 Å². The van der Waals surface area contributed by atoms with Crippen LogP contribution in [0.2, 0.25) is 0 Å². The first-order valence-electron chi connectivity index (χ1n) is 6.53. The summed E-state index contributed by atoms with van der Waals surface area (Å²) in [5.74, 6) is 0. The third-order valence-electron chi connectivity index (χ3n) is 3.63. The van der Waals surface area contributed by atoms with Gasteiger partial charge in [-0.25, -0.2) is 0 Å². The molecule has 0 fully saturated rings. The number of nitrogens with zero attached hydrogens (tertiary/aromatic N) is 2. The molecule has 1 aliphatic rings.